The van der Waals surface area contributed by atoms with Crippen LogP contribution in [0.3, 0.4) is 0 Å². The van der Waals surface area contributed by atoms with Gasteiger partial charge < -0.3 is 9.47 Å². The van der Waals surface area contributed by atoms with Crippen molar-refractivity contribution in [3.63, 3.8) is 0 Å². The summed E-state index contributed by atoms with van der Waals surface area (Å²) in [6, 6.07) is 0. The maximum absolute atomic E-state index is 5.95. The number of hydrogen-bond donors (Lipinski definition) is 0. The largest absolute Gasteiger partial charge is 0.484 e. The van der Waals surface area contributed by atoms with Gasteiger partial charge in [-0.1, -0.05) is 36.4 Å². The summed E-state index contributed by atoms with van der Waals surface area (Å²) in [6.45, 7) is 11.5. The Morgan fingerprint density at radius 3 is 2.37 bits per heavy atom. The van der Waals surface area contributed by atoms with Crippen LogP contribution in [-0.2, 0) is 9.47 Å². The monoisotopic (exact) mass is 283 g/mol. The SMILES string of the molecule is C=C/C=C(C)\C(=C/C)COC(/N=C(\C)OC)=C(/C)Cl. The fourth-order valence-corrected chi connectivity index (χ4v) is 1.35. The van der Waals surface area contributed by atoms with Crippen LogP contribution in [0.2, 0.25) is 0 Å². The molecule has 0 unspecified atom stereocenters. The molecule has 106 valence electrons. The molecule has 0 spiro atoms. The third-order valence-corrected chi connectivity index (χ3v) is 2.60. The minimum atomic E-state index is 0.367. The Hall–Kier alpha value is -1.48. The molecule has 0 aliphatic heterocycles. The van der Waals surface area contributed by atoms with Crippen LogP contribution in [0.5, 0.6) is 0 Å². The topological polar surface area (TPSA) is 30.8 Å². The second-order valence-corrected chi connectivity index (χ2v) is 4.43. The molecule has 0 aliphatic carbocycles. The molecule has 0 aromatic rings. The average Bonchev–Trinajstić information content (AvgIpc) is 2.37. The van der Waals surface area contributed by atoms with Gasteiger partial charge in [0.1, 0.15) is 6.61 Å². The summed E-state index contributed by atoms with van der Waals surface area (Å²) in [4.78, 5) is 4.16. The van der Waals surface area contributed by atoms with Gasteiger partial charge in [0.2, 0.25) is 5.88 Å². The summed E-state index contributed by atoms with van der Waals surface area (Å²) in [6.07, 6.45) is 5.67. The predicted octanol–water partition coefficient (Wildman–Crippen LogP) is 4.57. The van der Waals surface area contributed by atoms with Crippen molar-refractivity contribution in [1.29, 1.82) is 0 Å². The van der Waals surface area contributed by atoms with E-state index in [1.54, 1.807) is 27.0 Å². The number of allylic oxidation sites excluding steroid dienone is 4. The quantitative estimate of drug-likeness (QED) is 0.309. The van der Waals surface area contributed by atoms with Crippen LogP contribution >= 0.6 is 11.6 Å². The second-order valence-electron chi connectivity index (χ2n) is 3.86. The molecule has 0 aromatic carbocycles. The van der Waals surface area contributed by atoms with Gasteiger partial charge in [-0.2, -0.15) is 4.99 Å². The van der Waals surface area contributed by atoms with E-state index in [0.29, 0.717) is 23.4 Å². The Morgan fingerprint density at radius 2 is 1.95 bits per heavy atom. The van der Waals surface area contributed by atoms with Crippen molar-refractivity contribution < 1.29 is 9.47 Å². The van der Waals surface area contributed by atoms with Crippen molar-refractivity contribution in [3.8, 4) is 0 Å². The van der Waals surface area contributed by atoms with Crippen LogP contribution < -0.4 is 0 Å². The van der Waals surface area contributed by atoms with Crippen molar-refractivity contribution in [2.75, 3.05) is 13.7 Å². The molecule has 0 bridgehead atoms. The normalized spacial score (nSPS) is 14.9. The summed E-state index contributed by atoms with van der Waals surface area (Å²) in [5, 5.41) is 0.484. The summed E-state index contributed by atoms with van der Waals surface area (Å²) in [5.41, 5.74) is 2.15. The van der Waals surface area contributed by atoms with Crippen molar-refractivity contribution >= 4 is 17.5 Å². The summed E-state index contributed by atoms with van der Waals surface area (Å²) in [7, 11) is 1.55. The van der Waals surface area contributed by atoms with Gasteiger partial charge >= 0.3 is 0 Å². The summed E-state index contributed by atoms with van der Waals surface area (Å²) in [5.74, 6) is 0.863. The Kier molecular flexibility index (Phi) is 8.71. The molecule has 0 aliphatic rings. The molecule has 0 heterocycles. The lowest BCUT2D eigenvalue weighted by Gasteiger charge is -2.11. The number of nitrogens with zero attached hydrogens (tertiary/aromatic N) is 1. The number of ether oxygens (including phenoxy) is 2. The van der Waals surface area contributed by atoms with Crippen molar-refractivity contribution in [1.82, 2.24) is 0 Å². The highest BCUT2D eigenvalue weighted by Crippen LogP contribution is 2.16. The molecule has 0 rings (SSSR count). The Morgan fingerprint density at radius 1 is 1.32 bits per heavy atom. The first kappa shape index (κ1) is 17.5. The molecular formula is C15H22ClNO2. The lowest BCUT2D eigenvalue weighted by atomic mass is 10.1. The standard InChI is InChI=1S/C15H22ClNO2/c1-7-9-11(3)14(8-2)10-19-15(12(4)16)17-13(5)18-6/h7-9H,1,10H2,2-6H3/b11-9-,14-8-,15-12-,17-13+. The first-order valence-electron chi connectivity index (χ1n) is 5.99. The smallest absolute Gasteiger partial charge is 0.231 e. The Labute approximate surface area is 121 Å². The molecule has 0 atom stereocenters. The maximum atomic E-state index is 5.95. The van der Waals surface area contributed by atoms with Gasteiger partial charge in [0.05, 0.1) is 12.1 Å². The second kappa shape index (κ2) is 9.45. The molecule has 0 saturated carbocycles. The number of hydrogen-bond acceptors (Lipinski definition) is 3. The fourth-order valence-electron chi connectivity index (χ4n) is 1.25. The zero-order chi connectivity index (χ0) is 14.8. The summed E-state index contributed by atoms with van der Waals surface area (Å²) < 4.78 is 10.6. The molecule has 0 saturated heterocycles. The third kappa shape index (κ3) is 6.87. The minimum absolute atomic E-state index is 0.367. The van der Waals surface area contributed by atoms with E-state index in [0.717, 1.165) is 11.1 Å². The lowest BCUT2D eigenvalue weighted by Crippen LogP contribution is -2.02. The van der Waals surface area contributed by atoms with E-state index in [2.05, 4.69) is 11.6 Å². The Bertz CT molecular complexity index is 427. The van der Waals surface area contributed by atoms with Gasteiger partial charge in [0.15, 0.2) is 5.90 Å². The molecule has 0 fully saturated rings. The number of aliphatic imine (C=N–C) groups is 1. The van der Waals surface area contributed by atoms with Crippen LogP contribution in [0.4, 0.5) is 0 Å². The highest BCUT2D eigenvalue weighted by atomic mass is 35.5. The van der Waals surface area contributed by atoms with E-state index in [9.17, 15) is 0 Å². The Balaban J connectivity index is 4.89. The van der Waals surface area contributed by atoms with Crippen LogP contribution in [0.15, 0.2) is 51.9 Å². The first-order chi connectivity index (χ1) is 8.96. The fraction of sp³-hybridized carbons (Fsp3) is 0.400. The number of methoxy groups -OCH3 is 1. The molecule has 3 nitrogen and oxygen atoms in total. The minimum Gasteiger partial charge on any atom is -0.484 e. The number of rotatable bonds is 6. The van der Waals surface area contributed by atoms with Gasteiger partial charge in [-0.3, -0.25) is 0 Å². The van der Waals surface area contributed by atoms with Crippen LogP contribution in [0, 0.1) is 0 Å². The van der Waals surface area contributed by atoms with Gasteiger partial charge in [0, 0.05) is 6.92 Å². The molecule has 19 heavy (non-hydrogen) atoms. The zero-order valence-electron chi connectivity index (χ0n) is 12.3. The van der Waals surface area contributed by atoms with Gasteiger partial charge in [-0.05, 0) is 31.9 Å². The van der Waals surface area contributed by atoms with E-state index in [1.807, 2.05) is 26.0 Å². The van der Waals surface area contributed by atoms with E-state index < -0.39 is 0 Å². The van der Waals surface area contributed by atoms with E-state index in [4.69, 9.17) is 21.1 Å². The van der Waals surface area contributed by atoms with Crippen molar-refractivity contribution in [3.05, 3.63) is 46.9 Å². The van der Waals surface area contributed by atoms with Crippen LogP contribution in [0.25, 0.3) is 0 Å². The molecular weight excluding hydrogens is 262 g/mol. The molecule has 0 radical (unpaired) electrons. The zero-order valence-corrected chi connectivity index (χ0v) is 13.0. The van der Waals surface area contributed by atoms with Gasteiger partial charge in [-0.25, -0.2) is 0 Å². The maximum Gasteiger partial charge on any atom is 0.231 e. The average molecular weight is 284 g/mol. The van der Waals surface area contributed by atoms with Crippen LogP contribution in [-0.4, -0.2) is 19.6 Å². The summed E-state index contributed by atoms with van der Waals surface area (Å²) >= 11 is 5.95. The van der Waals surface area contributed by atoms with Crippen LogP contribution in [0.1, 0.15) is 27.7 Å². The lowest BCUT2D eigenvalue weighted by molar-refractivity contribution is 0.234. The highest BCUT2D eigenvalue weighted by molar-refractivity contribution is 6.29. The van der Waals surface area contributed by atoms with E-state index >= 15 is 0 Å². The number of halogens is 1. The molecule has 4 heteroatoms. The van der Waals surface area contributed by atoms with Gasteiger partial charge in [-0.15, -0.1) is 0 Å². The molecule has 0 amide bonds. The first-order valence-corrected chi connectivity index (χ1v) is 6.37. The van der Waals surface area contributed by atoms with Gasteiger partial charge in [0.25, 0.3) is 0 Å². The molecule has 0 N–H and O–H groups in total. The van der Waals surface area contributed by atoms with Crippen molar-refractivity contribution in [2.45, 2.75) is 27.7 Å². The van der Waals surface area contributed by atoms with E-state index in [1.165, 1.54) is 0 Å². The third-order valence-electron chi connectivity index (χ3n) is 2.44. The van der Waals surface area contributed by atoms with E-state index in [-0.39, 0.29) is 0 Å². The highest BCUT2D eigenvalue weighted by Gasteiger charge is 2.05. The molecule has 0 aromatic heterocycles. The van der Waals surface area contributed by atoms with Crippen molar-refractivity contribution in [2.24, 2.45) is 4.99 Å². The predicted molar refractivity (Wildman–Crippen MR) is 82.3 cm³/mol.